The van der Waals surface area contributed by atoms with Crippen molar-refractivity contribution >= 4 is 23.0 Å². The molecule has 1 N–H and O–H groups in total. The Morgan fingerprint density at radius 2 is 1.88 bits per heavy atom. The number of nitrogens with zero attached hydrogens (tertiary/aromatic N) is 1. The van der Waals surface area contributed by atoms with E-state index in [-0.39, 0.29) is 11.7 Å². The van der Waals surface area contributed by atoms with Gasteiger partial charge in [0.1, 0.15) is 11.6 Å². The van der Waals surface area contributed by atoms with E-state index in [1.807, 2.05) is 23.1 Å². The lowest BCUT2D eigenvalue weighted by molar-refractivity contribution is 0.351. The van der Waals surface area contributed by atoms with Crippen molar-refractivity contribution in [3.05, 3.63) is 53.6 Å². The molecular formula is C19H20F2N2O2S. The Morgan fingerprint density at radius 3 is 2.58 bits per heavy atom. The van der Waals surface area contributed by atoms with Gasteiger partial charge in [-0.15, -0.1) is 0 Å². The summed E-state index contributed by atoms with van der Waals surface area (Å²) in [6.45, 7) is 0.758. The van der Waals surface area contributed by atoms with E-state index in [0.29, 0.717) is 16.6 Å². The summed E-state index contributed by atoms with van der Waals surface area (Å²) < 4.78 is 37.6. The standard InChI is InChI=1S/C19H20F2N2O2S/c1-24-17-8-5-12(10-18(17)25-2)16-4-3-9-23(16)19(26)22-15-7-6-13(20)11-14(15)21/h5-8,10-11,16H,3-4,9H2,1-2H3,(H,22,26)/t16-/m1/s1. The monoisotopic (exact) mass is 378 g/mol. The molecule has 0 radical (unpaired) electrons. The fraction of sp³-hybridized carbons (Fsp3) is 0.316. The van der Waals surface area contributed by atoms with Crippen LogP contribution < -0.4 is 14.8 Å². The summed E-state index contributed by atoms with van der Waals surface area (Å²) in [5.41, 5.74) is 1.21. The number of ether oxygens (including phenoxy) is 2. The maximum atomic E-state index is 13.9. The second-order valence-corrected chi connectivity index (χ2v) is 6.41. The van der Waals surface area contributed by atoms with E-state index >= 15 is 0 Å². The van der Waals surface area contributed by atoms with Crippen LogP contribution in [0.1, 0.15) is 24.4 Å². The van der Waals surface area contributed by atoms with E-state index in [9.17, 15) is 8.78 Å². The lowest BCUT2D eigenvalue weighted by Gasteiger charge is -2.28. The van der Waals surface area contributed by atoms with Gasteiger partial charge in [-0.3, -0.25) is 0 Å². The molecule has 2 aromatic carbocycles. The molecule has 26 heavy (non-hydrogen) atoms. The summed E-state index contributed by atoms with van der Waals surface area (Å²) in [7, 11) is 3.19. The van der Waals surface area contributed by atoms with Gasteiger partial charge in [0, 0.05) is 12.6 Å². The van der Waals surface area contributed by atoms with Gasteiger partial charge in [-0.1, -0.05) is 6.07 Å². The van der Waals surface area contributed by atoms with Crippen molar-refractivity contribution in [3.8, 4) is 11.5 Å². The van der Waals surface area contributed by atoms with Crippen LogP contribution in [0.15, 0.2) is 36.4 Å². The highest BCUT2D eigenvalue weighted by Crippen LogP contribution is 2.37. The van der Waals surface area contributed by atoms with Crippen LogP contribution in [0.5, 0.6) is 11.5 Å². The molecule has 2 aromatic rings. The van der Waals surface area contributed by atoms with Gasteiger partial charge >= 0.3 is 0 Å². The van der Waals surface area contributed by atoms with Gasteiger partial charge < -0.3 is 19.7 Å². The molecule has 0 aliphatic carbocycles. The topological polar surface area (TPSA) is 33.7 Å². The van der Waals surface area contributed by atoms with Crippen LogP contribution in [0, 0.1) is 11.6 Å². The van der Waals surface area contributed by atoms with Gasteiger partial charge in [0.05, 0.1) is 25.9 Å². The summed E-state index contributed by atoms with van der Waals surface area (Å²) in [5, 5.41) is 3.30. The zero-order chi connectivity index (χ0) is 18.7. The first kappa shape index (κ1) is 18.4. The number of likely N-dealkylation sites (tertiary alicyclic amines) is 1. The van der Waals surface area contributed by atoms with E-state index in [2.05, 4.69) is 5.32 Å². The Labute approximate surface area is 156 Å². The van der Waals surface area contributed by atoms with E-state index in [0.717, 1.165) is 31.0 Å². The lowest BCUT2D eigenvalue weighted by Crippen LogP contribution is -2.34. The van der Waals surface area contributed by atoms with Gasteiger partial charge in [-0.2, -0.15) is 0 Å². The number of benzene rings is 2. The van der Waals surface area contributed by atoms with Crippen molar-refractivity contribution in [2.75, 3.05) is 26.1 Å². The van der Waals surface area contributed by atoms with E-state index in [4.69, 9.17) is 21.7 Å². The zero-order valence-electron chi connectivity index (χ0n) is 14.6. The van der Waals surface area contributed by atoms with Crippen molar-refractivity contribution in [1.82, 2.24) is 4.90 Å². The number of nitrogens with one attached hydrogen (secondary N) is 1. The number of anilines is 1. The molecule has 0 bridgehead atoms. The molecule has 1 saturated heterocycles. The molecule has 0 saturated carbocycles. The highest BCUT2D eigenvalue weighted by molar-refractivity contribution is 7.80. The molecule has 0 spiro atoms. The normalized spacial score (nSPS) is 16.5. The van der Waals surface area contributed by atoms with Gasteiger partial charge in [-0.05, 0) is 54.9 Å². The average molecular weight is 378 g/mol. The minimum Gasteiger partial charge on any atom is -0.493 e. The Hall–Kier alpha value is -2.41. The van der Waals surface area contributed by atoms with Crippen molar-refractivity contribution in [1.29, 1.82) is 0 Å². The number of hydrogen-bond donors (Lipinski definition) is 1. The SMILES string of the molecule is COc1ccc([C@H]2CCCN2C(=S)Nc2ccc(F)cc2F)cc1OC. The molecule has 138 valence electrons. The second-order valence-electron chi connectivity index (χ2n) is 6.02. The summed E-state index contributed by atoms with van der Waals surface area (Å²) in [6, 6.07) is 9.20. The largest absolute Gasteiger partial charge is 0.493 e. The molecule has 0 unspecified atom stereocenters. The van der Waals surface area contributed by atoms with Crippen molar-refractivity contribution in [3.63, 3.8) is 0 Å². The van der Waals surface area contributed by atoms with Crippen LogP contribution in [-0.2, 0) is 0 Å². The number of halogens is 2. The van der Waals surface area contributed by atoms with Crippen LogP contribution in [0.25, 0.3) is 0 Å². The van der Waals surface area contributed by atoms with Crippen LogP contribution in [0.3, 0.4) is 0 Å². The number of methoxy groups -OCH3 is 2. The lowest BCUT2D eigenvalue weighted by atomic mass is 10.0. The minimum atomic E-state index is -0.672. The Kier molecular flexibility index (Phi) is 5.56. The first-order valence-electron chi connectivity index (χ1n) is 8.28. The first-order chi connectivity index (χ1) is 12.5. The Balaban J connectivity index is 1.80. The second kappa shape index (κ2) is 7.86. The molecule has 1 aliphatic heterocycles. The third-order valence-corrected chi connectivity index (χ3v) is 4.82. The molecule has 1 fully saturated rings. The van der Waals surface area contributed by atoms with E-state index in [1.54, 1.807) is 14.2 Å². The van der Waals surface area contributed by atoms with Crippen molar-refractivity contribution in [2.45, 2.75) is 18.9 Å². The summed E-state index contributed by atoms with van der Waals surface area (Å²) >= 11 is 5.47. The van der Waals surface area contributed by atoms with Crippen LogP contribution in [0.2, 0.25) is 0 Å². The smallest absolute Gasteiger partial charge is 0.174 e. The fourth-order valence-electron chi connectivity index (χ4n) is 3.19. The molecule has 1 aliphatic rings. The van der Waals surface area contributed by atoms with Crippen LogP contribution in [-0.4, -0.2) is 30.8 Å². The summed E-state index contributed by atoms with van der Waals surface area (Å²) in [5.74, 6) is 0.0211. The molecule has 0 aromatic heterocycles. The third kappa shape index (κ3) is 3.72. The molecule has 1 atom stereocenters. The van der Waals surface area contributed by atoms with Gasteiger partial charge in [0.25, 0.3) is 0 Å². The number of hydrogen-bond acceptors (Lipinski definition) is 3. The maximum Gasteiger partial charge on any atom is 0.174 e. The highest BCUT2D eigenvalue weighted by atomic mass is 32.1. The van der Waals surface area contributed by atoms with Crippen molar-refractivity contribution < 1.29 is 18.3 Å². The molecule has 7 heteroatoms. The Bertz CT molecular complexity index is 816. The van der Waals surface area contributed by atoms with Crippen molar-refractivity contribution in [2.24, 2.45) is 0 Å². The minimum absolute atomic E-state index is 0.0540. The molecule has 3 rings (SSSR count). The fourth-order valence-corrected chi connectivity index (χ4v) is 3.52. The quantitative estimate of drug-likeness (QED) is 0.792. The van der Waals surface area contributed by atoms with Crippen LogP contribution >= 0.6 is 12.2 Å². The molecule has 4 nitrogen and oxygen atoms in total. The highest BCUT2D eigenvalue weighted by Gasteiger charge is 2.29. The van der Waals surface area contributed by atoms with Gasteiger partial charge in [0.15, 0.2) is 16.6 Å². The zero-order valence-corrected chi connectivity index (χ0v) is 15.4. The first-order valence-corrected chi connectivity index (χ1v) is 8.69. The summed E-state index contributed by atoms with van der Waals surface area (Å²) in [6.07, 6.45) is 1.88. The predicted molar refractivity (Wildman–Crippen MR) is 101 cm³/mol. The maximum absolute atomic E-state index is 13.9. The molecule has 1 heterocycles. The van der Waals surface area contributed by atoms with E-state index < -0.39 is 11.6 Å². The van der Waals surface area contributed by atoms with Crippen LogP contribution in [0.4, 0.5) is 14.5 Å². The summed E-state index contributed by atoms with van der Waals surface area (Å²) in [4.78, 5) is 2.01. The number of rotatable bonds is 4. The van der Waals surface area contributed by atoms with Gasteiger partial charge in [-0.25, -0.2) is 8.78 Å². The Morgan fingerprint density at radius 1 is 1.12 bits per heavy atom. The van der Waals surface area contributed by atoms with Gasteiger partial charge in [0.2, 0.25) is 0 Å². The van der Waals surface area contributed by atoms with E-state index in [1.165, 1.54) is 12.1 Å². The average Bonchev–Trinajstić information content (AvgIpc) is 3.13. The number of thiocarbonyl (C=S) groups is 1. The third-order valence-electron chi connectivity index (χ3n) is 4.48. The molecule has 0 amide bonds. The molecular weight excluding hydrogens is 358 g/mol. The predicted octanol–water partition coefficient (Wildman–Crippen LogP) is 4.52.